The zero-order chi connectivity index (χ0) is 18.4. The van der Waals surface area contributed by atoms with Crippen molar-refractivity contribution in [2.75, 3.05) is 6.54 Å². The Balaban J connectivity index is 1.90. The summed E-state index contributed by atoms with van der Waals surface area (Å²) in [5, 5.41) is 15.6. The predicted octanol–water partition coefficient (Wildman–Crippen LogP) is 1.97. The summed E-state index contributed by atoms with van der Waals surface area (Å²) in [6.07, 6.45) is 0. The Bertz CT molecular complexity index is 730. The molecule has 0 spiro atoms. The molecule has 2 atom stereocenters. The number of hydrogen-bond acceptors (Lipinski definition) is 3. The second kappa shape index (κ2) is 7.90. The van der Waals surface area contributed by atoms with Crippen LogP contribution in [0.3, 0.4) is 0 Å². The molecule has 0 fully saturated rings. The molecule has 0 aliphatic carbocycles. The number of amides is 2. The maximum absolute atomic E-state index is 13.0. The minimum atomic E-state index is -1.35. The molecule has 132 valence electrons. The highest BCUT2D eigenvalue weighted by Gasteiger charge is 2.25. The molecule has 5 nitrogen and oxygen atoms in total. The molecule has 0 aromatic heterocycles. The van der Waals surface area contributed by atoms with E-state index in [4.69, 9.17) is 0 Å². The second-order valence-corrected chi connectivity index (χ2v) is 6.06. The highest BCUT2D eigenvalue weighted by Crippen LogP contribution is 2.19. The van der Waals surface area contributed by atoms with E-state index in [0.29, 0.717) is 11.1 Å². The van der Waals surface area contributed by atoms with Crippen LogP contribution in [0.5, 0.6) is 0 Å². The minimum absolute atomic E-state index is 0.0665. The summed E-state index contributed by atoms with van der Waals surface area (Å²) >= 11 is 0. The topological polar surface area (TPSA) is 78.4 Å². The van der Waals surface area contributed by atoms with Gasteiger partial charge in [0.2, 0.25) is 5.91 Å². The van der Waals surface area contributed by atoms with Crippen molar-refractivity contribution in [2.24, 2.45) is 0 Å². The van der Waals surface area contributed by atoms with Crippen LogP contribution in [0.25, 0.3) is 0 Å². The van der Waals surface area contributed by atoms with Crippen molar-refractivity contribution in [3.05, 3.63) is 71.5 Å². The third kappa shape index (κ3) is 5.12. The van der Waals surface area contributed by atoms with Crippen molar-refractivity contribution in [2.45, 2.75) is 25.5 Å². The highest BCUT2D eigenvalue weighted by atomic mass is 19.1. The number of benzene rings is 2. The molecule has 2 amide bonds. The number of nitrogens with one attached hydrogen (secondary N) is 2. The van der Waals surface area contributed by atoms with Crippen LogP contribution < -0.4 is 10.6 Å². The van der Waals surface area contributed by atoms with E-state index in [1.165, 1.54) is 31.2 Å². The van der Waals surface area contributed by atoms with E-state index >= 15 is 0 Å². The molecule has 0 saturated carbocycles. The molecular formula is C19H21FN2O3. The maximum Gasteiger partial charge on any atom is 0.251 e. The summed E-state index contributed by atoms with van der Waals surface area (Å²) < 4.78 is 13.0. The molecule has 25 heavy (non-hydrogen) atoms. The Kier molecular flexibility index (Phi) is 5.88. The lowest BCUT2D eigenvalue weighted by Gasteiger charge is -2.25. The monoisotopic (exact) mass is 344 g/mol. The fraction of sp³-hybridized carbons (Fsp3) is 0.263. The quantitative estimate of drug-likeness (QED) is 0.750. The Morgan fingerprint density at radius 3 is 2.32 bits per heavy atom. The van der Waals surface area contributed by atoms with E-state index < -0.39 is 23.4 Å². The third-order valence-electron chi connectivity index (χ3n) is 3.85. The van der Waals surface area contributed by atoms with E-state index in [2.05, 4.69) is 10.6 Å². The zero-order valence-corrected chi connectivity index (χ0v) is 14.1. The lowest BCUT2D eigenvalue weighted by molar-refractivity contribution is -0.123. The van der Waals surface area contributed by atoms with Gasteiger partial charge in [0.15, 0.2) is 0 Å². The summed E-state index contributed by atoms with van der Waals surface area (Å²) in [6, 6.07) is 13.2. The van der Waals surface area contributed by atoms with Gasteiger partial charge in [-0.15, -0.1) is 0 Å². The molecule has 0 bridgehead atoms. The van der Waals surface area contributed by atoms with E-state index in [1.54, 1.807) is 37.3 Å². The molecule has 0 aliphatic heterocycles. The van der Waals surface area contributed by atoms with Crippen LogP contribution in [0.2, 0.25) is 0 Å². The van der Waals surface area contributed by atoms with Crippen molar-refractivity contribution in [3.8, 4) is 0 Å². The SMILES string of the molecule is CC(NC(=O)c1ccccc1)C(=O)NCC(C)(O)c1ccc(F)cc1. The first-order valence-electron chi connectivity index (χ1n) is 7.91. The van der Waals surface area contributed by atoms with E-state index in [0.717, 1.165) is 0 Å². The van der Waals surface area contributed by atoms with E-state index in [-0.39, 0.29) is 12.5 Å². The van der Waals surface area contributed by atoms with Crippen LogP contribution in [0.1, 0.15) is 29.8 Å². The van der Waals surface area contributed by atoms with Gasteiger partial charge >= 0.3 is 0 Å². The van der Waals surface area contributed by atoms with Gasteiger partial charge in [-0.3, -0.25) is 9.59 Å². The van der Waals surface area contributed by atoms with Gasteiger partial charge in [-0.1, -0.05) is 30.3 Å². The number of hydrogen-bond donors (Lipinski definition) is 3. The Morgan fingerprint density at radius 1 is 1.12 bits per heavy atom. The molecule has 2 unspecified atom stereocenters. The summed E-state index contributed by atoms with van der Waals surface area (Å²) in [5.41, 5.74) is -0.414. The van der Waals surface area contributed by atoms with Crippen molar-refractivity contribution in [1.29, 1.82) is 0 Å². The molecule has 0 heterocycles. The number of rotatable bonds is 6. The summed E-state index contributed by atoms with van der Waals surface area (Å²) in [5.74, 6) is -1.18. The molecule has 2 rings (SSSR count). The first-order chi connectivity index (χ1) is 11.8. The molecule has 2 aromatic carbocycles. The van der Waals surface area contributed by atoms with Crippen LogP contribution >= 0.6 is 0 Å². The Hall–Kier alpha value is -2.73. The predicted molar refractivity (Wildman–Crippen MR) is 92.4 cm³/mol. The fourth-order valence-electron chi connectivity index (χ4n) is 2.26. The van der Waals surface area contributed by atoms with Gasteiger partial charge < -0.3 is 15.7 Å². The molecular weight excluding hydrogens is 323 g/mol. The first-order valence-corrected chi connectivity index (χ1v) is 7.91. The maximum atomic E-state index is 13.0. The molecule has 0 radical (unpaired) electrons. The number of aliphatic hydroxyl groups is 1. The first kappa shape index (κ1) is 18.6. The van der Waals surface area contributed by atoms with Crippen LogP contribution in [0, 0.1) is 5.82 Å². The van der Waals surface area contributed by atoms with Gasteiger partial charge in [0.1, 0.15) is 17.5 Å². The fourth-order valence-corrected chi connectivity index (χ4v) is 2.26. The minimum Gasteiger partial charge on any atom is -0.384 e. The number of carbonyl (C=O) groups is 2. The smallest absolute Gasteiger partial charge is 0.251 e. The van der Waals surface area contributed by atoms with Crippen LogP contribution in [-0.2, 0) is 10.4 Å². The average molecular weight is 344 g/mol. The lowest BCUT2D eigenvalue weighted by Crippen LogP contribution is -2.48. The van der Waals surface area contributed by atoms with Crippen molar-refractivity contribution in [3.63, 3.8) is 0 Å². The zero-order valence-electron chi connectivity index (χ0n) is 14.1. The van der Waals surface area contributed by atoms with Gasteiger partial charge in [0.25, 0.3) is 5.91 Å². The van der Waals surface area contributed by atoms with E-state index in [9.17, 15) is 19.1 Å². The molecule has 3 N–H and O–H groups in total. The summed E-state index contributed by atoms with van der Waals surface area (Å²) in [7, 11) is 0. The van der Waals surface area contributed by atoms with Crippen molar-refractivity contribution >= 4 is 11.8 Å². The third-order valence-corrected chi connectivity index (χ3v) is 3.85. The summed E-state index contributed by atoms with van der Waals surface area (Å²) in [4.78, 5) is 24.2. The van der Waals surface area contributed by atoms with Crippen LogP contribution in [0.15, 0.2) is 54.6 Å². The summed E-state index contributed by atoms with van der Waals surface area (Å²) in [6.45, 7) is 3.01. The molecule has 0 aliphatic rings. The average Bonchev–Trinajstić information content (AvgIpc) is 2.60. The number of carbonyl (C=O) groups excluding carboxylic acids is 2. The van der Waals surface area contributed by atoms with Gasteiger partial charge in [0, 0.05) is 5.56 Å². The van der Waals surface area contributed by atoms with Crippen LogP contribution in [0.4, 0.5) is 4.39 Å². The standard InChI is InChI=1S/C19H21FN2O3/c1-13(22-18(24)14-6-4-3-5-7-14)17(23)21-12-19(2,25)15-8-10-16(20)11-9-15/h3-11,13,25H,12H2,1-2H3,(H,21,23)(H,22,24). The second-order valence-electron chi connectivity index (χ2n) is 6.06. The Morgan fingerprint density at radius 2 is 1.72 bits per heavy atom. The van der Waals surface area contributed by atoms with Gasteiger partial charge in [0.05, 0.1) is 6.54 Å². The normalized spacial score (nSPS) is 14.2. The number of halogens is 1. The van der Waals surface area contributed by atoms with Crippen molar-refractivity contribution in [1.82, 2.24) is 10.6 Å². The van der Waals surface area contributed by atoms with Crippen LogP contribution in [-0.4, -0.2) is 29.5 Å². The van der Waals surface area contributed by atoms with Gasteiger partial charge in [-0.2, -0.15) is 0 Å². The molecule has 6 heteroatoms. The van der Waals surface area contributed by atoms with Crippen molar-refractivity contribution < 1.29 is 19.1 Å². The Labute approximate surface area is 145 Å². The highest BCUT2D eigenvalue weighted by molar-refractivity contribution is 5.97. The molecule has 2 aromatic rings. The lowest BCUT2D eigenvalue weighted by atomic mass is 9.96. The largest absolute Gasteiger partial charge is 0.384 e. The van der Waals surface area contributed by atoms with Gasteiger partial charge in [-0.25, -0.2) is 4.39 Å². The van der Waals surface area contributed by atoms with E-state index in [1.807, 2.05) is 0 Å². The molecule has 0 saturated heterocycles. The van der Waals surface area contributed by atoms with Gasteiger partial charge in [-0.05, 0) is 43.7 Å².